The molecule has 0 saturated heterocycles. The molecule has 0 heterocycles. The highest BCUT2D eigenvalue weighted by Gasteiger charge is 2.20. The Hall–Kier alpha value is -1.16. The van der Waals surface area contributed by atoms with Crippen LogP contribution in [0.1, 0.15) is 20.8 Å². The van der Waals surface area contributed by atoms with Crippen molar-refractivity contribution in [3.05, 3.63) is 23.1 Å². The molecule has 0 radical (unpaired) electrons. The van der Waals surface area contributed by atoms with Gasteiger partial charge in [-0.3, -0.25) is 4.79 Å². The van der Waals surface area contributed by atoms with Crippen molar-refractivity contribution in [2.45, 2.75) is 20.8 Å². The van der Waals surface area contributed by atoms with E-state index in [0.717, 1.165) is 0 Å². The maximum absolute atomic E-state index is 11.4. The Morgan fingerprint density at radius 1 is 1.29 bits per heavy atom. The molecule has 1 amide bonds. The first-order valence-electron chi connectivity index (χ1n) is 4.13. The number of amides is 1. The lowest BCUT2D eigenvalue weighted by Crippen LogP contribution is -2.36. The number of carbonyl (C=O) groups excluding carboxylic acids is 1. The Morgan fingerprint density at radius 3 is 2.14 bits per heavy atom. The lowest BCUT2D eigenvalue weighted by molar-refractivity contribution is -0.127. The van der Waals surface area contributed by atoms with Crippen molar-refractivity contribution in [2.24, 2.45) is 16.9 Å². The van der Waals surface area contributed by atoms with Crippen LogP contribution in [0, 0.1) is 5.41 Å². The molecular formula is C9H16ClN3O. The van der Waals surface area contributed by atoms with Crippen LogP contribution in [-0.2, 0) is 4.79 Å². The molecule has 0 unspecified atom stereocenters. The lowest BCUT2D eigenvalue weighted by Gasteiger charge is -2.17. The van der Waals surface area contributed by atoms with E-state index in [1.807, 2.05) is 0 Å². The molecule has 0 aliphatic heterocycles. The minimum atomic E-state index is -0.477. The van der Waals surface area contributed by atoms with Crippen molar-refractivity contribution in [1.82, 2.24) is 5.32 Å². The van der Waals surface area contributed by atoms with Gasteiger partial charge in [0.1, 0.15) is 5.82 Å². The fraction of sp³-hybridized carbons (Fsp3) is 0.444. The molecule has 0 aromatic rings. The fourth-order valence-electron chi connectivity index (χ4n) is 0.530. The number of rotatable bonds is 2. The molecule has 0 saturated carbocycles. The molecule has 0 rings (SSSR count). The minimum Gasteiger partial charge on any atom is -0.389 e. The van der Waals surface area contributed by atoms with E-state index in [4.69, 9.17) is 23.1 Å². The van der Waals surface area contributed by atoms with Gasteiger partial charge in [0.15, 0.2) is 0 Å². The zero-order valence-electron chi connectivity index (χ0n) is 8.60. The summed E-state index contributed by atoms with van der Waals surface area (Å²) in [4.78, 5) is 11.4. The summed E-state index contributed by atoms with van der Waals surface area (Å²) in [6.07, 6.45) is 2.84. The molecular weight excluding hydrogens is 202 g/mol. The zero-order chi connectivity index (χ0) is 11.4. The Bertz CT molecular complexity index is 272. The van der Waals surface area contributed by atoms with Crippen LogP contribution in [0.4, 0.5) is 0 Å². The second kappa shape index (κ2) is 4.91. The van der Waals surface area contributed by atoms with Crippen LogP contribution in [0.15, 0.2) is 23.1 Å². The molecule has 80 valence electrons. The number of nitrogens with two attached hydrogens (primary N) is 2. The minimum absolute atomic E-state index is 0.109. The second-order valence-corrected chi connectivity index (χ2v) is 4.31. The molecule has 0 bridgehead atoms. The van der Waals surface area contributed by atoms with E-state index in [-0.39, 0.29) is 16.9 Å². The Labute approximate surface area is 89.0 Å². The van der Waals surface area contributed by atoms with Crippen LogP contribution >= 0.6 is 11.6 Å². The number of allylic oxidation sites excluding steroid dienone is 2. The van der Waals surface area contributed by atoms with Crippen LogP contribution in [0.3, 0.4) is 0 Å². The van der Waals surface area contributed by atoms with Crippen LogP contribution in [0.25, 0.3) is 0 Å². The van der Waals surface area contributed by atoms with Gasteiger partial charge in [0.2, 0.25) is 5.91 Å². The summed E-state index contributed by atoms with van der Waals surface area (Å²) in [6.45, 7) is 5.38. The number of hydrogen-bond acceptors (Lipinski definition) is 3. The van der Waals surface area contributed by atoms with Crippen LogP contribution in [-0.4, -0.2) is 5.91 Å². The smallest absolute Gasteiger partial charge is 0.230 e. The van der Waals surface area contributed by atoms with Crippen LogP contribution in [0.2, 0.25) is 0 Å². The average molecular weight is 218 g/mol. The second-order valence-electron chi connectivity index (χ2n) is 3.88. The van der Waals surface area contributed by atoms with Crippen molar-refractivity contribution in [2.75, 3.05) is 0 Å². The summed E-state index contributed by atoms with van der Waals surface area (Å²) < 4.78 is 0. The Morgan fingerprint density at radius 2 is 1.79 bits per heavy atom. The summed E-state index contributed by atoms with van der Waals surface area (Å²) >= 11 is 5.37. The summed E-state index contributed by atoms with van der Waals surface area (Å²) in [6, 6.07) is 0. The normalized spacial score (nSPS) is 14.0. The molecule has 0 aromatic carbocycles. The predicted molar refractivity (Wildman–Crippen MR) is 58.0 cm³/mol. The molecule has 0 aliphatic carbocycles. The molecule has 0 aliphatic rings. The molecule has 14 heavy (non-hydrogen) atoms. The van der Waals surface area contributed by atoms with Gasteiger partial charge in [0.25, 0.3) is 0 Å². The fourth-order valence-corrected chi connectivity index (χ4v) is 0.593. The highest BCUT2D eigenvalue weighted by Crippen LogP contribution is 2.12. The third kappa shape index (κ3) is 5.48. The number of nitrogens with one attached hydrogen (secondary N) is 1. The SMILES string of the molecule is CC(C)(C)C(=O)N/C(N)=C/C=C(\N)Cl. The quantitative estimate of drug-likeness (QED) is 0.477. The van der Waals surface area contributed by atoms with Gasteiger partial charge in [-0.05, 0) is 12.2 Å². The van der Waals surface area contributed by atoms with E-state index in [9.17, 15) is 4.79 Å². The van der Waals surface area contributed by atoms with E-state index >= 15 is 0 Å². The van der Waals surface area contributed by atoms with E-state index < -0.39 is 5.41 Å². The Balaban J connectivity index is 4.34. The van der Waals surface area contributed by atoms with Gasteiger partial charge in [-0.15, -0.1) is 0 Å². The highest BCUT2D eigenvalue weighted by atomic mass is 35.5. The molecule has 0 atom stereocenters. The monoisotopic (exact) mass is 217 g/mol. The Kier molecular flexibility index (Phi) is 4.50. The topological polar surface area (TPSA) is 81.1 Å². The van der Waals surface area contributed by atoms with Gasteiger partial charge in [0.05, 0.1) is 5.16 Å². The molecule has 5 heteroatoms. The molecule has 0 aromatic heterocycles. The third-order valence-corrected chi connectivity index (χ3v) is 1.49. The van der Waals surface area contributed by atoms with Crippen molar-refractivity contribution in [3.63, 3.8) is 0 Å². The summed E-state index contributed by atoms with van der Waals surface area (Å²) in [5, 5.41) is 2.63. The molecule has 5 N–H and O–H groups in total. The van der Waals surface area contributed by atoms with Crippen LogP contribution in [0.5, 0.6) is 0 Å². The van der Waals surface area contributed by atoms with E-state index in [0.29, 0.717) is 0 Å². The summed E-state index contributed by atoms with van der Waals surface area (Å²) in [7, 11) is 0. The highest BCUT2D eigenvalue weighted by molar-refractivity contribution is 6.29. The lowest BCUT2D eigenvalue weighted by atomic mass is 9.96. The summed E-state index contributed by atoms with van der Waals surface area (Å²) in [5.41, 5.74) is 10.2. The standard InChI is InChI=1S/C9H16ClN3O/c1-9(2,3)8(14)13-7(12)5-4-6(10)11/h4-5H,11-12H2,1-3H3,(H,13,14)/b6-4-,7-5+. The molecule has 0 fully saturated rings. The first-order chi connectivity index (χ1) is 6.23. The van der Waals surface area contributed by atoms with Crippen molar-refractivity contribution >= 4 is 17.5 Å². The zero-order valence-corrected chi connectivity index (χ0v) is 9.35. The van der Waals surface area contributed by atoms with Gasteiger partial charge in [-0.2, -0.15) is 0 Å². The van der Waals surface area contributed by atoms with E-state index in [1.165, 1.54) is 12.2 Å². The number of hydrogen-bond donors (Lipinski definition) is 3. The molecule has 4 nitrogen and oxygen atoms in total. The number of carbonyl (C=O) groups is 1. The first-order valence-corrected chi connectivity index (χ1v) is 4.51. The largest absolute Gasteiger partial charge is 0.389 e. The third-order valence-electron chi connectivity index (χ3n) is 1.36. The van der Waals surface area contributed by atoms with E-state index in [2.05, 4.69) is 5.32 Å². The van der Waals surface area contributed by atoms with Gasteiger partial charge in [0, 0.05) is 5.41 Å². The van der Waals surface area contributed by atoms with Crippen molar-refractivity contribution < 1.29 is 4.79 Å². The van der Waals surface area contributed by atoms with Crippen molar-refractivity contribution in [1.29, 1.82) is 0 Å². The van der Waals surface area contributed by atoms with E-state index in [1.54, 1.807) is 20.8 Å². The number of halogens is 1. The van der Waals surface area contributed by atoms with Gasteiger partial charge >= 0.3 is 0 Å². The van der Waals surface area contributed by atoms with Crippen molar-refractivity contribution in [3.8, 4) is 0 Å². The summed E-state index contributed by atoms with van der Waals surface area (Å²) in [5.74, 6) is 0.0568. The van der Waals surface area contributed by atoms with Gasteiger partial charge in [-0.1, -0.05) is 32.4 Å². The predicted octanol–water partition coefficient (Wildman–Crippen LogP) is 0.988. The van der Waals surface area contributed by atoms with Gasteiger partial charge < -0.3 is 16.8 Å². The van der Waals surface area contributed by atoms with Gasteiger partial charge in [-0.25, -0.2) is 0 Å². The maximum Gasteiger partial charge on any atom is 0.230 e. The van der Waals surface area contributed by atoms with Crippen LogP contribution < -0.4 is 16.8 Å². The first kappa shape index (κ1) is 12.8. The average Bonchev–Trinajstić information content (AvgIpc) is 1.99. The maximum atomic E-state index is 11.4. The molecule has 0 spiro atoms.